The molecule has 2 aromatic heterocycles. The molecule has 4 atom stereocenters. The van der Waals surface area contributed by atoms with Gasteiger partial charge in [-0.1, -0.05) is 18.2 Å². The van der Waals surface area contributed by atoms with Gasteiger partial charge >= 0.3 is 0 Å². The van der Waals surface area contributed by atoms with Crippen molar-refractivity contribution in [1.29, 1.82) is 0 Å². The summed E-state index contributed by atoms with van der Waals surface area (Å²) in [5.41, 5.74) is 0.811. The third kappa shape index (κ3) is 2.36. The van der Waals surface area contributed by atoms with Crippen LogP contribution in [0.4, 0.5) is 5.13 Å². The fourth-order valence-corrected chi connectivity index (χ4v) is 5.78. The summed E-state index contributed by atoms with van der Waals surface area (Å²) >= 11 is 2.91. The van der Waals surface area contributed by atoms with Crippen molar-refractivity contribution in [2.24, 2.45) is 23.7 Å². The van der Waals surface area contributed by atoms with Crippen molar-refractivity contribution in [3.63, 3.8) is 0 Å². The fraction of sp³-hybridized carbons (Fsp3) is 0.333. The van der Waals surface area contributed by atoms with E-state index in [-0.39, 0.29) is 47.9 Å². The third-order valence-electron chi connectivity index (χ3n) is 5.39. The molecule has 0 aromatic carbocycles. The maximum Gasteiger partial charge on any atom is 0.246 e. The molecule has 4 unspecified atom stereocenters. The summed E-state index contributed by atoms with van der Waals surface area (Å²) in [6, 6.07) is 3.91. The van der Waals surface area contributed by atoms with Gasteiger partial charge in [-0.05, 0) is 29.7 Å². The summed E-state index contributed by atoms with van der Waals surface area (Å²) in [6.07, 6.45) is 4.97. The topological polar surface area (TPSA) is 79.4 Å². The Kier molecular flexibility index (Phi) is 3.58. The van der Waals surface area contributed by atoms with Crippen molar-refractivity contribution >= 4 is 45.5 Å². The van der Waals surface area contributed by atoms with Gasteiger partial charge < -0.3 is 5.32 Å². The minimum atomic E-state index is -0.390. The number of rotatable bonds is 4. The second-order valence-corrected chi connectivity index (χ2v) is 8.63. The number of carbonyl (C=O) groups excluding carboxylic acids is 3. The summed E-state index contributed by atoms with van der Waals surface area (Å²) in [7, 11) is 0. The molecule has 2 aromatic rings. The largest absolute Gasteiger partial charge is 0.300 e. The van der Waals surface area contributed by atoms with Crippen molar-refractivity contribution in [1.82, 2.24) is 9.88 Å². The molecule has 1 saturated carbocycles. The van der Waals surface area contributed by atoms with Crippen LogP contribution in [0.25, 0.3) is 10.6 Å². The van der Waals surface area contributed by atoms with Gasteiger partial charge in [0.15, 0.2) is 5.13 Å². The Balaban J connectivity index is 1.27. The molecule has 2 bridgehead atoms. The number of nitrogens with zero attached hydrogens (tertiary/aromatic N) is 2. The van der Waals surface area contributed by atoms with Crippen LogP contribution in [0.5, 0.6) is 0 Å². The van der Waals surface area contributed by atoms with Gasteiger partial charge in [0, 0.05) is 5.38 Å². The van der Waals surface area contributed by atoms with E-state index in [1.807, 2.05) is 35.0 Å². The molecule has 5 rings (SSSR count). The normalized spacial score (nSPS) is 28.8. The summed E-state index contributed by atoms with van der Waals surface area (Å²) in [5.74, 6) is -1.02. The van der Waals surface area contributed by atoms with Crippen LogP contribution in [0.15, 0.2) is 35.0 Å². The number of aromatic nitrogens is 1. The van der Waals surface area contributed by atoms with E-state index in [2.05, 4.69) is 10.3 Å². The number of anilines is 1. The Bertz CT molecular complexity index is 903. The van der Waals surface area contributed by atoms with E-state index in [0.29, 0.717) is 5.13 Å². The molecule has 8 heteroatoms. The second-order valence-electron chi connectivity index (χ2n) is 6.83. The highest BCUT2D eigenvalue weighted by Gasteiger charge is 2.59. The first-order valence-electron chi connectivity index (χ1n) is 8.44. The van der Waals surface area contributed by atoms with Crippen molar-refractivity contribution < 1.29 is 14.4 Å². The first kappa shape index (κ1) is 15.9. The van der Waals surface area contributed by atoms with Crippen LogP contribution >= 0.6 is 22.7 Å². The number of carbonyl (C=O) groups is 3. The van der Waals surface area contributed by atoms with Gasteiger partial charge in [0.1, 0.15) is 6.54 Å². The molecule has 0 radical (unpaired) electrons. The number of hydrogen-bond acceptors (Lipinski definition) is 6. The van der Waals surface area contributed by atoms with Crippen LogP contribution < -0.4 is 5.32 Å². The number of hydrogen-bond donors (Lipinski definition) is 1. The van der Waals surface area contributed by atoms with Gasteiger partial charge in [-0.3, -0.25) is 19.3 Å². The zero-order valence-corrected chi connectivity index (χ0v) is 15.3. The zero-order chi connectivity index (χ0) is 17.8. The summed E-state index contributed by atoms with van der Waals surface area (Å²) < 4.78 is 0. The lowest BCUT2D eigenvalue weighted by Gasteiger charge is -2.16. The lowest BCUT2D eigenvalue weighted by atomic mass is 9.85. The van der Waals surface area contributed by atoms with Gasteiger partial charge in [0.05, 0.1) is 22.4 Å². The Morgan fingerprint density at radius 3 is 2.58 bits per heavy atom. The highest BCUT2D eigenvalue weighted by atomic mass is 32.1. The van der Waals surface area contributed by atoms with E-state index in [1.165, 1.54) is 11.3 Å². The molecular weight excluding hydrogens is 370 g/mol. The molecule has 3 heterocycles. The highest BCUT2D eigenvalue weighted by Crippen LogP contribution is 2.52. The Labute approximate surface area is 157 Å². The lowest BCUT2D eigenvalue weighted by molar-refractivity contribution is -0.143. The molecule has 3 amide bonds. The van der Waals surface area contributed by atoms with Crippen LogP contribution in [-0.2, 0) is 14.4 Å². The minimum absolute atomic E-state index is 0.154. The monoisotopic (exact) mass is 385 g/mol. The van der Waals surface area contributed by atoms with Crippen molar-refractivity contribution in [2.45, 2.75) is 6.42 Å². The van der Waals surface area contributed by atoms with Gasteiger partial charge in [0.2, 0.25) is 17.7 Å². The van der Waals surface area contributed by atoms with Gasteiger partial charge in [-0.15, -0.1) is 22.7 Å². The van der Waals surface area contributed by atoms with Gasteiger partial charge in [0.25, 0.3) is 0 Å². The van der Waals surface area contributed by atoms with Crippen LogP contribution in [0.3, 0.4) is 0 Å². The van der Waals surface area contributed by atoms with Gasteiger partial charge in [-0.25, -0.2) is 4.98 Å². The van der Waals surface area contributed by atoms with E-state index in [4.69, 9.17) is 0 Å². The molecule has 1 aliphatic heterocycles. The zero-order valence-electron chi connectivity index (χ0n) is 13.6. The molecule has 2 fully saturated rings. The third-order valence-corrected chi connectivity index (χ3v) is 7.04. The van der Waals surface area contributed by atoms with Crippen molar-refractivity contribution in [3.8, 4) is 10.6 Å². The van der Waals surface area contributed by atoms with Crippen molar-refractivity contribution in [2.75, 3.05) is 11.9 Å². The fourth-order valence-electron chi connectivity index (χ4n) is 4.29. The number of amides is 3. The van der Waals surface area contributed by atoms with E-state index in [1.54, 1.807) is 11.3 Å². The molecule has 132 valence electrons. The number of likely N-dealkylation sites (tertiary alicyclic amines) is 1. The molecule has 26 heavy (non-hydrogen) atoms. The number of thiazole rings is 1. The minimum Gasteiger partial charge on any atom is -0.300 e. The molecular formula is C18H15N3O3S2. The van der Waals surface area contributed by atoms with Crippen LogP contribution in [0, 0.1) is 23.7 Å². The Hall–Kier alpha value is -2.32. The van der Waals surface area contributed by atoms with Gasteiger partial charge in [-0.2, -0.15) is 0 Å². The quantitative estimate of drug-likeness (QED) is 0.648. The maximum atomic E-state index is 12.6. The standard InChI is InChI=1S/C18H15N3O3S2/c22-13(20-18-19-11(8-26-18)12-2-1-5-25-12)7-21-16(23)14-9-3-4-10(6-9)15(14)17(21)24/h1-5,8-10,14-15H,6-7H2,(H,19,20,22). The summed E-state index contributed by atoms with van der Waals surface area (Å²) in [4.78, 5) is 44.1. The average molecular weight is 385 g/mol. The van der Waals surface area contributed by atoms with Crippen LogP contribution in [-0.4, -0.2) is 34.2 Å². The maximum absolute atomic E-state index is 12.6. The first-order valence-corrected chi connectivity index (χ1v) is 10.2. The van der Waals surface area contributed by atoms with Crippen molar-refractivity contribution in [3.05, 3.63) is 35.0 Å². The smallest absolute Gasteiger partial charge is 0.246 e. The molecule has 6 nitrogen and oxygen atoms in total. The van der Waals surface area contributed by atoms with E-state index in [0.717, 1.165) is 21.9 Å². The lowest BCUT2D eigenvalue weighted by Crippen LogP contribution is -2.39. The number of nitrogens with one attached hydrogen (secondary N) is 1. The number of fused-ring (bicyclic) bond motifs is 5. The SMILES string of the molecule is O=C(CN1C(=O)C2C3C=CC(C3)C2C1=O)Nc1nc(-c2cccs2)cs1. The molecule has 2 aliphatic carbocycles. The van der Waals surface area contributed by atoms with Crippen LogP contribution in [0.2, 0.25) is 0 Å². The molecule has 1 N–H and O–H groups in total. The van der Waals surface area contributed by atoms with E-state index < -0.39 is 0 Å². The average Bonchev–Trinajstić information content (AvgIpc) is 3.41. The van der Waals surface area contributed by atoms with Crippen LogP contribution in [0.1, 0.15) is 6.42 Å². The predicted molar refractivity (Wildman–Crippen MR) is 98.5 cm³/mol. The number of allylic oxidation sites excluding steroid dienone is 2. The molecule has 3 aliphatic rings. The summed E-state index contributed by atoms with van der Waals surface area (Å²) in [5, 5.41) is 7.02. The highest BCUT2D eigenvalue weighted by molar-refractivity contribution is 7.16. The van der Waals surface area contributed by atoms with E-state index >= 15 is 0 Å². The Morgan fingerprint density at radius 2 is 1.92 bits per heavy atom. The Morgan fingerprint density at radius 1 is 1.19 bits per heavy atom. The first-order chi connectivity index (χ1) is 12.6. The molecule has 1 saturated heterocycles. The molecule has 0 spiro atoms. The summed E-state index contributed by atoms with van der Waals surface area (Å²) in [6.45, 7) is -0.238. The number of imide groups is 1. The van der Waals surface area contributed by atoms with E-state index in [9.17, 15) is 14.4 Å². The predicted octanol–water partition coefficient (Wildman–Crippen LogP) is 2.62. The second kappa shape index (κ2) is 5.85. The number of thiophene rings is 1.